The number of hydrogen-bond donors (Lipinski definition) is 1. The van der Waals surface area contributed by atoms with E-state index in [0.717, 1.165) is 11.3 Å². The number of pyridine rings is 1. The summed E-state index contributed by atoms with van der Waals surface area (Å²) in [4.78, 5) is 8.65. The number of ether oxygens (including phenoxy) is 1. The van der Waals surface area contributed by atoms with E-state index >= 15 is 0 Å². The lowest BCUT2D eigenvalue weighted by Gasteiger charge is -2.11. The fourth-order valence-electron chi connectivity index (χ4n) is 1.81. The summed E-state index contributed by atoms with van der Waals surface area (Å²) in [5.41, 5.74) is 1.78. The van der Waals surface area contributed by atoms with E-state index in [4.69, 9.17) is 9.26 Å². The van der Waals surface area contributed by atoms with Crippen molar-refractivity contribution < 1.29 is 9.26 Å². The number of likely N-dealkylation sites (N-methyl/N-ethyl adjacent to an activating group) is 1. The molecule has 6 heteroatoms. The van der Waals surface area contributed by atoms with Gasteiger partial charge in [0.1, 0.15) is 5.69 Å². The summed E-state index contributed by atoms with van der Waals surface area (Å²) < 4.78 is 10.4. The average molecular weight is 262 g/mol. The van der Waals surface area contributed by atoms with Crippen molar-refractivity contribution in [3.05, 3.63) is 29.8 Å². The maximum absolute atomic E-state index is 5.26. The topological polar surface area (TPSA) is 73.1 Å². The highest BCUT2D eigenvalue weighted by atomic mass is 16.5. The van der Waals surface area contributed by atoms with Crippen LogP contribution in [-0.2, 0) is 11.2 Å². The Balaban J connectivity index is 2.13. The van der Waals surface area contributed by atoms with Crippen LogP contribution >= 0.6 is 0 Å². The molecular formula is C13H18N4O2. The maximum Gasteiger partial charge on any atom is 0.228 e. The Hall–Kier alpha value is -1.79. The van der Waals surface area contributed by atoms with E-state index in [1.54, 1.807) is 13.3 Å². The Morgan fingerprint density at radius 3 is 3.00 bits per heavy atom. The smallest absolute Gasteiger partial charge is 0.228 e. The van der Waals surface area contributed by atoms with E-state index in [-0.39, 0.29) is 6.04 Å². The molecule has 1 atom stereocenters. The van der Waals surface area contributed by atoms with Crippen LogP contribution in [-0.4, -0.2) is 41.9 Å². The summed E-state index contributed by atoms with van der Waals surface area (Å²) in [6.07, 6.45) is 2.35. The molecule has 0 fully saturated rings. The van der Waals surface area contributed by atoms with Crippen LogP contribution in [0.4, 0.5) is 0 Å². The van der Waals surface area contributed by atoms with Gasteiger partial charge in [0.2, 0.25) is 11.7 Å². The van der Waals surface area contributed by atoms with Gasteiger partial charge in [0.05, 0.1) is 6.61 Å². The Morgan fingerprint density at radius 2 is 2.32 bits per heavy atom. The standard InChI is InChI=1S/C13H18N4O2/c1-9-5-4-6-15-12(9)13-16-11(19-17-13)7-10(14-2)8-18-3/h4-6,10,14H,7-8H2,1-3H3. The molecule has 0 saturated heterocycles. The fraction of sp³-hybridized carbons (Fsp3) is 0.462. The number of aromatic nitrogens is 3. The highest BCUT2D eigenvalue weighted by Crippen LogP contribution is 2.17. The molecular weight excluding hydrogens is 244 g/mol. The van der Waals surface area contributed by atoms with Gasteiger partial charge in [-0.3, -0.25) is 4.98 Å². The molecule has 2 heterocycles. The molecule has 6 nitrogen and oxygen atoms in total. The van der Waals surface area contributed by atoms with E-state index in [0.29, 0.717) is 24.7 Å². The van der Waals surface area contributed by atoms with E-state index in [1.807, 2.05) is 26.1 Å². The predicted octanol–water partition coefficient (Wildman–Crippen LogP) is 1.22. The van der Waals surface area contributed by atoms with Gasteiger partial charge in [0.25, 0.3) is 0 Å². The number of methoxy groups -OCH3 is 1. The first-order chi connectivity index (χ1) is 9.24. The van der Waals surface area contributed by atoms with Crippen molar-refractivity contribution in [3.63, 3.8) is 0 Å². The summed E-state index contributed by atoms with van der Waals surface area (Å²) in [5.74, 6) is 1.11. The third-order valence-electron chi connectivity index (χ3n) is 2.89. The second-order valence-corrected chi connectivity index (χ2v) is 4.33. The molecule has 2 rings (SSSR count). The molecule has 0 radical (unpaired) electrons. The van der Waals surface area contributed by atoms with Gasteiger partial charge in [-0.15, -0.1) is 0 Å². The van der Waals surface area contributed by atoms with E-state index in [2.05, 4.69) is 20.4 Å². The predicted molar refractivity (Wildman–Crippen MR) is 70.7 cm³/mol. The first-order valence-corrected chi connectivity index (χ1v) is 6.15. The van der Waals surface area contributed by atoms with Gasteiger partial charge in [-0.2, -0.15) is 4.98 Å². The summed E-state index contributed by atoms with van der Waals surface area (Å²) in [6.45, 7) is 2.57. The zero-order valence-electron chi connectivity index (χ0n) is 11.4. The lowest BCUT2D eigenvalue weighted by atomic mass is 10.2. The van der Waals surface area contributed by atoms with Crippen molar-refractivity contribution in [2.45, 2.75) is 19.4 Å². The van der Waals surface area contributed by atoms with Crippen LogP contribution in [0.5, 0.6) is 0 Å². The van der Waals surface area contributed by atoms with Crippen molar-refractivity contribution in [3.8, 4) is 11.5 Å². The molecule has 2 aromatic rings. The highest BCUT2D eigenvalue weighted by molar-refractivity contribution is 5.53. The number of nitrogens with zero attached hydrogens (tertiary/aromatic N) is 3. The van der Waals surface area contributed by atoms with Crippen molar-refractivity contribution >= 4 is 0 Å². The van der Waals surface area contributed by atoms with Crippen molar-refractivity contribution in [1.82, 2.24) is 20.4 Å². The lowest BCUT2D eigenvalue weighted by molar-refractivity contribution is 0.165. The lowest BCUT2D eigenvalue weighted by Crippen LogP contribution is -2.32. The second kappa shape index (κ2) is 6.40. The van der Waals surface area contributed by atoms with E-state index < -0.39 is 0 Å². The van der Waals surface area contributed by atoms with E-state index in [1.165, 1.54) is 0 Å². The van der Waals surface area contributed by atoms with E-state index in [9.17, 15) is 0 Å². The fourth-order valence-corrected chi connectivity index (χ4v) is 1.81. The van der Waals surface area contributed by atoms with Crippen LogP contribution < -0.4 is 5.32 Å². The monoisotopic (exact) mass is 262 g/mol. The van der Waals surface area contributed by atoms with Crippen LogP contribution in [0, 0.1) is 6.92 Å². The third-order valence-corrected chi connectivity index (χ3v) is 2.89. The van der Waals surface area contributed by atoms with Gasteiger partial charge in [0.15, 0.2) is 0 Å². The highest BCUT2D eigenvalue weighted by Gasteiger charge is 2.15. The second-order valence-electron chi connectivity index (χ2n) is 4.33. The third kappa shape index (κ3) is 3.36. The molecule has 0 aromatic carbocycles. The molecule has 0 bridgehead atoms. The average Bonchev–Trinajstić information content (AvgIpc) is 2.87. The SMILES string of the molecule is CNC(COC)Cc1nc(-c2ncccc2C)no1. The first kappa shape index (κ1) is 13.6. The molecule has 0 spiro atoms. The van der Waals surface area contributed by atoms with Gasteiger partial charge < -0.3 is 14.6 Å². The molecule has 19 heavy (non-hydrogen) atoms. The number of hydrogen-bond acceptors (Lipinski definition) is 6. The Labute approximate surface area is 112 Å². The minimum Gasteiger partial charge on any atom is -0.383 e. The molecule has 0 aliphatic carbocycles. The number of aryl methyl sites for hydroxylation is 1. The zero-order chi connectivity index (χ0) is 13.7. The molecule has 1 unspecified atom stereocenters. The Morgan fingerprint density at radius 1 is 1.47 bits per heavy atom. The summed E-state index contributed by atoms with van der Waals surface area (Å²) >= 11 is 0. The molecule has 0 aliphatic rings. The van der Waals surface area contributed by atoms with Crippen LogP contribution in [0.15, 0.2) is 22.9 Å². The molecule has 0 amide bonds. The number of rotatable bonds is 6. The molecule has 0 saturated carbocycles. The maximum atomic E-state index is 5.26. The molecule has 2 aromatic heterocycles. The van der Waals surface area contributed by atoms with Crippen molar-refractivity contribution in [2.24, 2.45) is 0 Å². The molecule has 102 valence electrons. The summed E-state index contributed by atoms with van der Waals surface area (Å²) in [5, 5.41) is 7.12. The zero-order valence-corrected chi connectivity index (χ0v) is 11.4. The van der Waals surface area contributed by atoms with Gasteiger partial charge in [0, 0.05) is 25.8 Å². The van der Waals surface area contributed by atoms with Crippen LogP contribution in [0.25, 0.3) is 11.5 Å². The first-order valence-electron chi connectivity index (χ1n) is 6.15. The van der Waals surface area contributed by atoms with Gasteiger partial charge >= 0.3 is 0 Å². The van der Waals surface area contributed by atoms with Gasteiger partial charge in [-0.05, 0) is 25.6 Å². The van der Waals surface area contributed by atoms with Crippen LogP contribution in [0.2, 0.25) is 0 Å². The minimum atomic E-state index is 0.156. The largest absolute Gasteiger partial charge is 0.383 e. The summed E-state index contributed by atoms with van der Waals surface area (Å²) in [6, 6.07) is 4.01. The molecule has 1 N–H and O–H groups in total. The van der Waals surface area contributed by atoms with Crippen LogP contribution in [0.3, 0.4) is 0 Å². The van der Waals surface area contributed by atoms with Crippen molar-refractivity contribution in [2.75, 3.05) is 20.8 Å². The molecule has 0 aliphatic heterocycles. The number of nitrogens with one attached hydrogen (secondary N) is 1. The normalized spacial score (nSPS) is 12.6. The Kier molecular flexibility index (Phi) is 4.59. The summed E-state index contributed by atoms with van der Waals surface area (Å²) in [7, 11) is 3.55. The minimum absolute atomic E-state index is 0.156. The van der Waals surface area contributed by atoms with Gasteiger partial charge in [-0.25, -0.2) is 0 Å². The van der Waals surface area contributed by atoms with Crippen LogP contribution in [0.1, 0.15) is 11.5 Å². The Bertz CT molecular complexity index is 527. The van der Waals surface area contributed by atoms with Crippen molar-refractivity contribution in [1.29, 1.82) is 0 Å². The van der Waals surface area contributed by atoms with Gasteiger partial charge in [-0.1, -0.05) is 11.2 Å². The quantitative estimate of drug-likeness (QED) is 0.843.